The molecule has 114 valence electrons. The summed E-state index contributed by atoms with van der Waals surface area (Å²) >= 11 is 0. The van der Waals surface area contributed by atoms with Gasteiger partial charge in [-0.2, -0.15) is 13.2 Å². The lowest BCUT2D eigenvalue weighted by Gasteiger charge is -2.10. The molecule has 0 saturated heterocycles. The molecule has 1 amide bonds. The highest BCUT2D eigenvalue weighted by Crippen LogP contribution is 2.30. The Kier molecular flexibility index (Phi) is 7.52. The number of carbonyl (C=O) groups is 1. The van der Waals surface area contributed by atoms with Crippen LogP contribution in [0.15, 0.2) is 18.2 Å². The van der Waals surface area contributed by atoms with Crippen LogP contribution >= 0.6 is 12.4 Å². The maximum absolute atomic E-state index is 13.3. The molecule has 0 aliphatic rings. The van der Waals surface area contributed by atoms with Gasteiger partial charge in [-0.05, 0) is 38.2 Å². The summed E-state index contributed by atoms with van der Waals surface area (Å²) in [4.78, 5) is 11.6. The number of amides is 1. The zero-order chi connectivity index (χ0) is 14.5. The fourth-order valence-corrected chi connectivity index (χ4v) is 1.44. The Labute approximate surface area is 120 Å². The monoisotopic (exact) mass is 314 g/mol. The molecule has 8 heteroatoms. The molecule has 0 heterocycles. The second kappa shape index (κ2) is 8.06. The van der Waals surface area contributed by atoms with Crippen molar-refractivity contribution in [3.8, 4) is 0 Å². The van der Waals surface area contributed by atoms with E-state index in [1.165, 1.54) is 0 Å². The van der Waals surface area contributed by atoms with Crippen LogP contribution in [0.3, 0.4) is 0 Å². The first kappa shape index (κ1) is 18.7. The topological polar surface area (TPSA) is 41.1 Å². The van der Waals surface area contributed by atoms with E-state index in [4.69, 9.17) is 0 Å². The summed E-state index contributed by atoms with van der Waals surface area (Å²) in [6.07, 6.45) is -4.00. The maximum atomic E-state index is 13.3. The van der Waals surface area contributed by atoms with Gasteiger partial charge in [-0.1, -0.05) is 0 Å². The summed E-state index contributed by atoms with van der Waals surface area (Å²) in [5.41, 5.74) is -1.64. The molecule has 1 aromatic carbocycles. The predicted molar refractivity (Wildman–Crippen MR) is 69.5 cm³/mol. The number of nitrogens with one attached hydrogen (secondary N) is 2. The molecule has 0 atom stereocenters. The Balaban J connectivity index is 0.00000361. The standard InChI is InChI=1S/C12H14F4N2O.ClH/c1-17-5-2-6-18-11(19)9-7-8(12(14,15)16)3-4-10(9)13;/h3-4,7,17H,2,5-6H2,1H3,(H,18,19);1H. The minimum absolute atomic E-state index is 0. The predicted octanol–water partition coefficient (Wildman–Crippen LogP) is 2.61. The Bertz CT molecular complexity index is 452. The van der Waals surface area contributed by atoms with Crippen LogP contribution in [-0.2, 0) is 6.18 Å². The number of halogens is 5. The van der Waals surface area contributed by atoms with E-state index >= 15 is 0 Å². The molecule has 0 radical (unpaired) electrons. The number of carbonyl (C=O) groups excluding carboxylic acids is 1. The van der Waals surface area contributed by atoms with E-state index in [0.29, 0.717) is 31.2 Å². The van der Waals surface area contributed by atoms with Crippen LogP contribution in [0.5, 0.6) is 0 Å². The van der Waals surface area contributed by atoms with Crippen molar-refractivity contribution < 1.29 is 22.4 Å². The van der Waals surface area contributed by atoms with Gasteiger partial charge in [0.25, 0.3) is 5.91 Å². The van der Waals surface area contributed by atoms with E-state index in [0.717, 1.165) is 0 Å². The second-order valence-electron chi connectivity index (χ2n) is 3.91. The molecule has 0 spiro atoms. The molecular formula is C12H15ClF4N2O. The minimum Gasteiger partial charge on any atom is -0.352 e. The van der Waals surface area contributed by atoms with Gasteiger partial charge in [-0.25, -0.2) is 4.39 Å². The van der Waals surface area contributed by atoms with Crippen molar-refractivity contribution in [3.63, 3.8) is 0 Å². The van der Waals surface area contributed by atoms with Crippen molar-refractivity contribution >= 4 is 18.3 Å². The van der Waals surface area contributed by atoms with Gasteiger partial charge in [0, 0.05) is 6.54 Å². The molecule has 1 aromatic rings. The van der Waals surface area contributed by atoms with Gasteiger partial charge in [-0.15, -0.1) is 12.4 Å². The number of rotatable bonds is 5. The van der Waals surface area contributed by atoms with Crippen molar-refractivity contribution in [3.05, 3.63) is 35.1 Å². The summed E-state index contributed by atoms with van der Waals surface area (Å²) in [5.74, 6) is -1.82. The Morgan fingerprint density at radius 2 is 1.90 bits per heavy atom. The third kappa shape index (κ3) is 5.34. The number of hydrogen-bond acceptors (Lipinski definition) is 2. The summed E-state index contributed by atoms with van der Waals surface area (Å²) < 4.78 is 50.7. The SMILES string of the molecule is CNCCCNC(=O)c1cc(C(F)(F)F)ccc1F.Cl. The zero-order valence-electron chi connectivity index (χ0n) is 10.7. The van der Waals surface area contributed by atoms with Crippen LogP contribution in [0.25, 0.3) is 0 Å². The highest BCUT2D eigenvalue weighted by molar-refractivity contribution is 5.94. The van der Waals surface area contributed by atoms with Gasteiger partial charge in [0.15, 0.2) is 0 Å². The molecule has 0 fully saturated rings. The minimum atomic E-state index is -4.60. The molecule has 20 heavy (non-hydrogen) atoms. The lowest BCUT2D eigenvalue weighted by atomic mass is 10.1. The highest BCUT2D eigenvalue weighted by Gasteiger charge is 2.31. The summed E-state index contributed by atoms with van der Waals surface area (Å²) in [5, 5.41) is 5.21. The third-order valence-corrected chi connectivity index (χ3v) is 2.43. The van der Waals surface area contributed by atoms with Gasteiger partial charge in [0.2, 0.25) is 0 Å². The fourth-order valence-electron chi connectivity index (χ4n) is 1.44. The molecule has 1 rings (SSSR count). The molecule has 0 aliphatic heterocycles. The molecule has 0 unspecified atom stereocenters. The zero-order valence-corrected chi connectivity index (χ0v) is 11.5. The molecule has 0 aromatic heterocycles. The van der Waals surface area contributed by atoms with E-state index in [2.05, 4.69) is 10.6 Å². The quantitative estimate of drug-likeness (QED) is 0.648. The van der Waals surface area contributed by atoms with Gasteiger partial charge < -0.3 is 10.6 Å². The lowest BCUT2D eigenvalue weighted by Crippen LogP contribution is -2.27. The van der Waals surface area contributed by atoms with Gasteiger partial charge >= 0.3 is 6.18 Å². The first-order valence-corrected chi connectivity index (χ1v) is 5.66. The third-order valence-electron chi connectivity index (χ3n) is 2.43. The average Bonchev–Trinajstić information content (AvgIpc) is 2.33. The van der Waals surface area contributed by atoms with Gasteiger partial charge in [0.05, 0.1) is 11.1 Å². The Morgan fingerprint density at radius 3 is 2.45 bits per heavy atom. The lowest BCUT2D eigenvalue weighted by molar-refractivity contribution is -0.137. The Hall–Kier alpha value is -1.34. The van der Waals surface area contributed by atoms with Crippen LogP contribution in [-0.4, -0.2) is 26.0 Å². The smallest absolute Gasteiger partial charge is 0.352 e. The maximum Gasteiger partial charge on any atom is 0.416 e. The second-order valence-corrected chi connectivity index (χ2v) is 3.91. The number of benzene rings is 1. The average molecular weight is 315 g/mol. The summed E-state index contributed by atoms with van der Waals surface area (Å²) in [6.45, 7) is 0.903. The van der Waals surface area contributed by atoms with Crippen LogP contribution < -0.4 is 10.6 Å². The van der Waals surface area contributed by atoms with Gasteiger partial charge in [0.1, 0.15) is 5.82 Å². The normalized spacial score (nSPS) is 10.8. The van der Waals surface area contributed by atoms with Crippen LogP contribution in [0, 0.1) is 5.82 Å². The van der Waals surface area contributed by atoms with E-state index in [1.54, 1.807) is 7.05 Å². The van der Waals surface area contributed by atoms with Crippen molar-refractivity contribution in [2.45, 2.75) is 12.6 Å². The van der Waals surface area contributed by atoms with Crippen LogP contribution in [0.2, 0.25) is 0 Å². The Morgan fingerprint density at radius 1 is 1.25 bits per heavy atom. The van der Waals surface area contributed by atoms with Crippen LogP contribution in [0.1, 0.15) is 22.3 Å². The molecule has 3 nitrogen and oxygen atoms in total. The summed E-state index contributed by atoms with van der Waals surface area (Å²) in [7, 11) is 1.73. The molecule has 0 bridgehead atoms. The van der Waals surface area contributed by atoms with Crippen molar-refractivity contribution in [2.24, 2.45) is 0 Å². The van der Waals surface area contributed by atoms with E-state index < -0.39 is 29.0 Å². The molecule has 2 N–H and O–H groups in total. The number of hydrogen-bond donors (Lipinski definition) is 2. The van der Waals surface area contributed by atoms with Gasteiger partial charge in [-0.3, -0.25) is 4.79 Å². The summed E-state index contributed by atoms with van der Waals surface area (Å²) in [6, 6.07) is 1.77. The van der Waals surface area contributed by atoms with E-state index in [-0.39, 0.29) is 19.0 Å². The molecule has 0 aliphatic carbocycles. The van der Waals surface area contributed by atoms with Crippen molar-refractivity contribution in [2.75, 3.05) is 20.1 Å². The number of alkyl halides is 3. The first-order chi connectivity index (χ1) is 8.86. The van der Waals surface area contributed by atoms with Crippen LogP contribution in [0.4, 0.5) is 17.6 Å². The van der Waals surface area contributed by atoms with E-state index in [9.17, 15) is 22.4 Å². The molecular weight excluding hydrogens is 300 g/mol. The molecule has 0 saturated carbocycles. The van der Waals surface area contributed by atoms with Crippen molar-refractivity contribution in [1.82, 2.24) is 10.6 Å². The van der Waals surface area contributed by atoms with Crippen molar-refractivity contribution in [1.29, 1.82) is 0 Å². The first-order valence-electron chi connectivity index (χ1n) is 5.66. The largest absolute Gasteiger partial charge is 0.416 e. The van der Waals surface area contributed by atoms with E-state index in [1.807, 2.05) is 0 Å². The fraction of sp³-hybridized carbons (Fsp3) is 0.417. The highest BCUT2D eigenvalue weighted by atomic mass is 35.5.